The third-order valence-corrected chi connectivity index (χ3v) is 3.07. The normalized spacial score (nSPS) is 14.9. The summed E-state index contributed by atoms with van der Waals surface area (Å²) in [7, 11) is 1.72. The van der Waals surface area contributed by atoms with Crippen LogP contribution in [-0.4, -0.2) is 26.4 Å². The van der Waals surface area contributed by atoms with Gasteiger partial charge in [-0.1, -0.05) is 24.3 Å². The van der Waals surface area contributed by atoms with Gasteiger partial charge in [-0.2, -0.15) is 0 Å². The van der Waals surface area contributed by atoms with Crippen molar-refractivity contribution in [2.24, 2.45) is 0 Å². The van der Waals surface area contributed by atoms with Crippen LogP contribution in [0.1, 0.15) is 30.4 Å². The molecule has 18 heavy (non-hydrogen) atoms. The molecule has 0 spiro atoms. The van der Waals surface area contributed by atoms with Gasteiger partial charge < -0.3 is 14.8 Å². The Morgan fingerprint density at radius 2 is 2.06 bits per heavy atom. The second kappa shape index (κ2) is 7.52. The highest BCUT2D eigenvalue weighted by atomic mass is 16.5. The minimum atomic E-state index is 0.695. The first-order chi connectivity index (χ1) is 8.88. The second-order valence-corrected chi connectivity index (χ2v) is 4.87. The summed E-state index contributed by atoms with van der Waals surface area (Å²) in [5.74, 6) is 0. The lowest BCUT2D eigenvalue weighted by Gasteiger charge is -2.07. The number of hydrogen-bond acceptors (Lipinski definition) is 3. The first-order valence-electron chi connectivity index (χ1n) is 6.76. The van der Waals surface area contributed by atoms with E-state index >= 15 is 0 Å². The van der Waals surface area contributed by atoms with Crippen molar-refractivity contribution in [1.82, 2.24) is 5.32 Å². The van der Waals surface area contributed by atoms with E-state index in [0.717, 1.165) is 32.2 Å². The molecule has 0 aliphatic heterocycles. The Hall–Kier alpha value is -0.900. The summed E-state index contributed by atoms with van der Waals surface area (Å²) in [6.07, 6.45) is 3.63. The molecule has 0 saturated heterocycles. The smallest absolute Gasteiger partial charge is 0.0716 e. The lowest BCUT2D eigenvalue weighted by atomic mass is 10.1. The van der Waals surface area contributed by atoms with E-state index in [1.807, 2.05) is 0 Å². The van der Waals surface area contributed by atoms with Gasteiger partial charge in [0.15, 0.2) is 0 Å². The number of nitrogens with one attached hydrogen (secondary N) is 1. The van der Waals surface area contributed by atoms with E-state index in [9.17, 15) is 0 Å². The molecule has 2 rings (SSSR count). The molecular weight excluding hydrogens is 226 g/mol. The van der Waals surface area contributed by atoms with E-state index in [-0.39, 0.29) is 0 Å². The van der Waals surface area contributed by atoms with Crippen LogP contribution >= 0.6 is 0 Å². The maximum atomic E-state index is 5.61. The monoisotopic (exact) mass is 249 g/mol. The third kappa shape index (κ3) is 5.17. The highest BCUT2D eigenvalue weighted by Crippen LogP contribution is 2.19. The maximum Gasteiger partial charge on any atom is 0.0716 e. The standard InChI is InChI=1S/C15H23NO2/c1-17-8-3-9-18-12-14-5-2-4-13(10-14)11-16-15-6-7-15/h2,4-5,10,15-16H,3,6-9,11-12H2,1H3. The van der Waals surface area contributed by atoms with Crippen LogP contribution in [0.2, 0.25) is 0 Å². The largest absolute Gasteiger partial charge is 0.385 e. The Balaban J connectivity index is 1.68. The first kappa shape index (κ1) is 13.5. The Labute approximate surface area is 109 Å². The molecule has 1 aromatic carbocycles. The first-order valence-corrected chi connectivity index (χ1v) is 6.76. The number of hydrogen-bond donors (Lipinski definition) is 1. The van der Waals surface area contributed by atoms with Crippen LogP contribution in [0.25, 0.3) is 0 Å². The molecule has 0 bridgehead atoms. The van der Waals surface area contributed by atoms with E-state index in [2.05, 4.69) is 29.6 Å². The fourth-order valence-electron chi connectivity index (χ4n) is 1.87. The van der Waals surface area contributed by atoms with Crippen molar-refractivity contribution < 1.29 is 9.47 Å². The van der Waals surface area contributed by atoms with Crippen LogP contribution in [0.15, 0.2) is 24.3 Å². The molecule has 0 heterocycles. The van der Waals surface area contributed by atoms with Crippen molar-refractivity contribution in [2.45, 2.75) is 38.5 Å². The molecule has 1 aliphatic carbocycles. The Morgan fingerprint density at radius 3 is 2.83 bits per heavy atom. The highest BCUT2D eigenvalue weighted by molar-refractivity contribution is 5.23. The molecule has 0 atom stereocenters. The Morgan fingerprint density at radius 1 is 1.22 bits per heavy atom. The molecule has 0 unspecified atom stereocenters. The van der Waals surface area contributed by atoms with Gasteiger partial charge in [-0.15, -0.1) is 0 Å². The van der Waals surface area contributed by atoms with Gasteiger partial charge in [0.25, 0.3) is 0 Å². The topological polar surface area (TPSA) is 30.5 Å². The van der Waals surface area contributed by atoms with Crippen LogP contribution in [-0.2, 0) is 22.6 Å². The average molecular weight is 249 g/mol. The Kier molecular flexibility index (Phi) is 5.65. The van der Waals surface area contributed by atoms with Gasteiger partial charge in [-0.05, 0) is 30.4 Å². The van der Waals surface area contributed by atoms with Crippen LogP contribution in [0, 0.1) is 0 Å². The second-order valence-electron chi connectivity index (χ2n) is 4.87. The van der Waals surface area contributed by atoms with Gasteiger partial charge in [0.05, 0.1) is 6.61 Å². The lowest BCUT2D eigenvalue weighted by Crippen LogP contribution is -2.15. The van der Waals surface area contributed by atoms with Crippen molar-refractivity contribution in [3.63, 3.8) is 0 Å². The number of benzene rings is 1. The summed E-state index contributed by atoms with van der Waals surface area (Å²) < 4.78 is 10.6. The fraction of sp³-hybridized carbons (Fsp3) is 0.600. The van der Waals surface area contributed by atoms with Crippen molar-refractivity contribution in [1.29, 1.82) is 0 Å². The molecule has 3 nitrogen and oxygen atoms in total. The van der Waals surface area contributed by atoms with Gasteiger partial charge in [0.2, 0.25) is 0 Å². The van der Waals surface area contributed by atoms with Gasteiger partial charge in [-0.25, -0.2) is 0 Å². The fourth-order valence-corrected chi connectivity index (χ4v) is 1.87. The van der Waals surface area contributed by atoms with Crippen LogP contribution in [0.5, 0.6) is 0 Å². The van der Waals surface area contributed by atoms with Crippen molar-refractivity contribution >= 4 is 0 Å². The summed E-state index contributed by atoms with van der Waals surface area (Å²) in [6, 6.07) is 9.39. The molecule has 1 aliphatic rings. The van der Waals surface area contributed by atoms with Gasteiger partial charge in [0.1, 0.15) is 0 Å². The summed E-state index contributed by atoms with van der Waals surface area (Å²) in [5, 5.41) is 3.53. The van der Waals surface area contributed by atoms with Gasteiger partial charge in [0, 0.05) is 32.9 Å². The zero-order valence-electron chi connectivity index (χ0n) is 11.2. The minimum absolute atomic E-state index is 0.695. The van der Waals surface area contributed by atoms with E-state index in [1.165, 1.54) is 24.0 Å². The molecule has 100 valence electrons. The molecule has 1 saturated carbocycles. The minimum Gasteiger partial charge on any atom is -0.385 e. The van der Waals surface area contributed by atoms with Crippen molar-refractivity contribution in [2.75, 3.05) is 20.3 Å². The molecule has 3 heteroatoms. The lowest BCUT2D eigenvalue weighted by molar-refractivity contribution is 0.0928. The molecule has 1 aromatic rings. The summed E-state index contributed by atoms with van der Waals surface area (Å²) in [5.41, 5.74) is 2.60. The van der Waals surface area contributed by atoms with E-state index in [1.54, 1.807) is 7.11 Å². The molecule has 1 fully saturated rings. The number of ether oxygens (including phenoxy) is 2. The zero-order valence-corrected chi connectivity index (χ0v) is 11.2. The van der Waals surface area contributed by atoms with Crippen molar-refractivity contribution in [3.8, 4) is 0 Å². The molecule has 0 amide bonds. The summed E-state index contributed by atoms with van der Waals surface area (Å²) >= 11 is 0. The number of rotatable bonds is 9. The highest BCUT2D eigenvalue weighted by Gasteiger charge is 2.19. The van der Waals surface area contributed by atoms with E-state index in [4.69, 9.17) is 9.47 Å². The zero-order chi connectivity index (χ0) is 12.6. The average Bonchev–Trinajstić information content (AvgIpc) is 3.21. The summed E-state index contributed by atoms with van der Waals surface area (Å²) in [6.45, 7) is 3.20. The van der Waals surface area contributed by atoms with Gasteiger partial charge in [-0.3, -0.25) is 0 Å². The molecular formula is C15H23NO2. The Bertz CT molecular complexity index is 350. The predicted octanol–water partition coefficient (Wildman–Crippen LogP) is 2.49. The molecule has 0 aromatic heterocycles. The van der Waals surface area contributed by atoms with Crippen LogP contribution in [0.3, 0.4) is 0 Å². The molecule has 0 radical (unpaired) electrons. The molecule has 1 N–H and O–H groups in total. The van der Waals surface area contributed by atoms with Crippen LogP contribution < -0.4 is 5.32 Å². The summed E-state index contributed by atoms with van der Waals surface area (Å²) in [4.78, 5) is 0. The third-order valence-electron chi connectivity index (χ3n) is 3.07. The SMILES string of the molecule is COCCCOCc1cccc(CNC2CC2)c1. The number of methoxy groups -OCH3 is 1. The maximum absolute atomic E-state index is 5.61. The quantitative estimate of drug-likeness (QED) is 0.682. The van der Waals surface area contributed by atoms with E-state index in [0.29, 0.717) is 6.61 Å². The van der Waals surface area contributed by atoms with E-state index < -0.39 is 0 Å². The van der Waals surface area contributed by atoms with Crippen molar-refractivity contribution in [3.05, 3.63) is 35.4 Å². The predicted molar refractivity (Wildman–Crippen MR) is 72.5 cm³/mol. The van der Waals surface area contributed by atoms with Crippen LogP contribution in [0.4, 0.5) is 0 Å². The van der Waals surface area contributed by atoms with Gasteiger partial charge >= 0.3 is 0 Å².